The number of allylic oxidation sites excluding steroid dienone is 3. The zero-order valence-corrected chi connectivity index (χ0v) is 23.8. The highest BCUT2D eigenvalue weighted by molar-refractivity contribution is 5.76. The van der Waals surface area contributed by atoms with Gasteiger partial charge in [-0.1, -0.05) is 79.0 Å². The van der Waals surface area contributed by atoms with Crippen LogP contribution in [-0.4, -0.2) is 24.1 Å². The zero-order chi connectivity index (χ0) is 26.2. The van der Waals surface area contributed by atoms with E-state index < -0.39 is 5.41 Å². The fraction of sp³-hybridized carbons (Fsp3) is 0.806. The van der Waals surface area contributed by atoms with Crippen molar-refractivity contribution in [2.24, 2.45) is 35.0 Å². The molecule has 0 unspecified atom stereocenters. The van der Waals surface area contributed by atoms with Crippen molar-refractivity contribution in [2.45, 2.75) is 125 Å². The van der Waals surface area contributed by atoms with Gasteiger partial charge in [0.25, 0.3) is 0 Å². The minimum absolute atomic E-state index is 0.0216. The predicted octanol–water partition coefficient (Wildman–Crippen LogP) is 8.06. The van der Waals surface area contributed by atoms with E-state index in [-0.39, 0.29) is 30.1 Å². The summed E-state index contributed by atoms with van der Waals surface area (Å²) in [5, 5.41) is 0. The molecule has 0 N–H and O–H groups in total. The molecule has 0 aromatic carbocycles. The number of rotatable bonds is 8. The number of fused-ring (bicyclic) bond motifs is 1. The summed E-state index contributed by atoms with van der Waals surface area (Å²) in [5.41, 5.74) is 0.878. The van der Waals surface area contributed by atoms with Gasteiger partial charge in [-0.15, -0.1) is 0 Å². The predicted molar refractivity (Wildman–Crippen MR) is 144 cm³/mol. The van der Waals surface area contributed by atoms with Crippen molar-refractivity contribution in [2.75, 3.05) is 0 Å². The highest BCUT2D eigenvalue weighted by Crippen LogP contribution is 2.46. The summed E-state index contributed by atoms with van der Waals surface area (Å²) in [5.74, 6) is 1.72. The van der Waals surface area contributed by atoms with Crippen LogP contribution in [0.15, 0.2) is 23.8 Å². The van der Waals surface area contributed by atoms with Crippen LogP contribution in [0.2, 0.25) is 0 Å². The first-order valence-corrected chi connectivity index (χ1v) is 14.3. The summed E-state index contributed by atoms with van der Waals surface area (Å²) in [7, 11) is 0. The Morgan fingerprint density at radius 3 is 2.43 bits per heavy atom. The number of carbonyl (C=O) groups is 2. The molecule has 0 aromatic rings. The molecule has 0 amide bonds. The van der Waals surface area contributed by atoms with Gasteiger partial charge in [0.1, 0.15) is 12.2 Å². The maximum atomic E-state index is 13.2. The van der Waals surface area contributed by atoms with Gasteiger partial charge in [-0.05, 0) is 75.2 Å². The van der Waals surface area contributed by atoms with E-state index in [2.05, 4.69) is 59.8 Å². The molecule has 1 saturated heterocycles. The molecule has 0 radical (unpaired) electrons. The Morgan fingerprint density at radius 2 is 1.80 bits per heavy atom. The summed E-state index contributed by atoms with van der Waals surface area (Å²) in [4.78, 5) is 25.1. The molecule has 3 aliphatic rings. The molecule has 0 saturated carbocycles. The van der Waals surface area contributed by atoms with Crippen molar-refractivity contribution in [3.05, 3.63) is 23.8 Å². The van der Waals surface area contributed by atoms with E-state index in [9.17, 15) is 9.59 Å². The zero-order valence-electron chi connectivity index (χ0n) is 23.8. The van der Waals surface area contributed by atoms with Crippen LogP contribution in [0.4, 0.5) is 0 Å². The second-order valence-electron chi connectivity index (χ2n) is 12.2. The first-order valence-electron chi connectivity index (χ1n) is 14.3. The van der Waals surface area contributed by atoms with Crippen molar-refractivity contribution >= 4 is 11.9 Å². The van der Waals surface area contributed by atoms with Gasteiger partial charge >= 0.3 is 11.9 Å². The average molecular weight is 489 g/mol. The highest BCUT2D eigenvalue weighted by Gasteiger charge is 2.43. The minimum Gasteiger partial charge on any atom is -0.462 e. The molecule has 4 nitrogen and oxygen atoms in total. The third-order valence-electron chi connectivity index (χ3n) is 7.86. The third-order valence-corrected chi connectivity index (χ3v) is 7.86. The second kappa shape index (κ2) is 13.7. The highest BCUT2D eigenvalue weighted by atomic mass is 16.5. The molecular weight excluding hydrogens is 436 g/mol. The van der Waals surface area contributed by atoms with Crippen LogP contribution in [0.3, 0.4) is 0 Å². The Morgan fingerprint density at radius 1 is 1.11 bits per heavy atom. The molecule has 1 fully saturated rings. The fourth-order valence-corrected chi connectivity index (χ4v) is 5.89. The summed E-state index contributed by atoms with van der Waals surface area (Å²) >= 11 is 0. The summed E-state index contributed by atoms with van der Waals surface area (Å²) < 4.78 is 12.0. The van der Waals surface area contributed by atoms with Crippen LogP contribution in [0.5, 0.6) is 0 Å². The minimum atomic E-state index is -0.446. The summed E-state index contributed by atoms with van der Waals surface area (Å²) in [6.45, 7) is 17.1. The lowest BCUT2D eigenvalue weighted by atomic mass is 9.65. The Kier molecular flexibility index (Phi) is 11.6. The van der Waals surface area contributed by atoms with Gasteiger partial charge in [-0.2, -0.15) is 0 Å². The number of hydrogen-bond donors (Lipinski definition) is 0. The standard InChI is InChI=1S/C28H44O4.C3H8/c1-7-8-13-28(5,6)27(30)32-24-16-18(2)14-21-10-9-20(4)23(26(21)24)12-11-22-15-19(3)17-25(29)31-22;1-3-2/h9-10,14,18-20,22-24,26H,7-8,11-13,15-17H2,1-6H3;3H2,1-2H3/t18-,19+,20-,22+,23-,24-,26-;/m0./s1. The SMILES string of the molecule is CCC.CCCCC(C)(C)C(=O)O[C@H]1C[C@@H](C)C=C2C=C[C@H](C)[C@H](CC[C@@H]3C[C@@H](C)CC(=O)O3)[C@H]21. The van der Waals surface area contributed by atoms with Crippen LogP contribution in [0, 0.1) is 35.0 Å². The van der Waals surface area contributed by atoms with E-state index in [4.69, 9.17) is 9.47 Å². The molecule has 35 heavy (non-hydrogen) atoms. The monoisotopic (exact) mass is 488 g/mol. The molecule has 0 aromatic heterocycles. The van der Waals surface area contributed by atoms with Crippen molar-refractivity contribution < 1.29 is 19.1 Å². The van der Waals surface area contributed by atoms with E-state index in [0.29, 0.717) is 30.1 Å². The maximum Gasteiger partial charge on any atom is 0.311 e. The molecule has 0 bridgehead atoms. The van der Waals surface area contributed by atoms with Crippen LogP contribution < -0.4 is 0 Å². The van der Waals surface area contributed by atoms with Gasteiger partial charge in [-0.3, -0.25) is 9.59 Å². The van der Waals surface area contributed by atoms with Crippen LogP contribution in [0.25, 0.3) is 0 Å². The van der Waals surface area contributed by atoms with Crippen molar-refractivity contribution in [3.63, 3.8) is 0 Å². The Balaban J connectivity index is 0.00000137. The number of cyclic esters (lactones) is 1. The number of ether oxygens (including phenoxy) is 2. The van der Waals surface area contributed by atoms with E-state index in [1.165, 1.54) is 12.0 Å². The summed E-state index contributed by atoms with van der Waals surface area (Å²) in [6, 6.07) is 0. The van der Waals surface area contributed by atoms with Gasteiger partial charge in [0.05, 0.1) is 5.41 Å². The Labute approximate surface area is 215 Å². The molecule has 7 atom stereocenters. The first kappa shape index (κ1) is 29.6. The number of unbranched alkanes of at least 4 members (excludes halogenated alkanes) is 1. The van der Waals surface area contributed by atoms with E-state index in [0.717, 1.165) is 44.9 Å². The molecule has 200 valence electrons. The van der Waals surface area contributed by atoms with E-state index in [1.807, 2.05) is 13.8 Å². The van der Waals surface area contributed by atoms with Crippen molar-refractivity contribution in [3.8, 4) is 0 Å². The van der Waals surface area contributed by atoms with Crippen LogP contribution in [0.1, 0.15) is 113 Å². The van der Waals surface area contributed by atoms with Crippen molar-refractivity contribution in [1.29, 1.82) is 0 Å². The summed E-state index contributed by atoms with van der Waals surface area (Å²) in [6.07, 6.45) is 15.4. The average Bonchev–Trinajstić information content (AvgIpc) is 2.77. The van der Waals surface area contributed by atoms with Crippen LogP contribution >= 0.6 is 0 Å². The maximum absolute atomic E-state index is 13.2. The van der Waals surface area contributed by atoms with Gasteiger partial charge in [0.2, 0.25) is 0 Å². The van der Waals surface area contributed by atoms with Gasteiger partial charge in [0, 0.05) is 12.3 Å². The van der Waals surface area contributed by atoms with E-state index in [1.54, 1.807) is 0 Å². The lowest BCUT2D eigenvalue weighted by Crippen LogP contribution is -2.43. The van der Waals surface area contributed by atoms with Crippen LogP contribution in [-0.2, 0) is 19.1 Å². The smallest absolute Gasteiger partial charge is 0.311 e. The van der Waals surface area contributed by atoms with Gasteiger partial charge in [0.15, 0.2) is 0 Å². The number of carbonyl (C=O) groups excluding carboxylic acids is 2. The molecule has 2 aliphatic carbocycles. The number of hydrogen-bond acceptors (Lipinski definition) is 4. The van der Waals surface area contributed by atoms with E-state index >= 15 is 0 Å². The van der Waals surface area contributed by atoms with Gasteiger partial charge in [-0.25, -0.2) is 0 Å². The molecule has 0 spiro atoms. The van der Waals surface area contributed by atoms with Crippen molar-refractivity contribution in [1.82, 2.24) is 0 Å². The lowest BCUT2D eigenvalue weighted by Gasteiger charge is -2.44. The second-order valence-corrected chi connectivity index (χ2v) is 12.2. The van der Waals surface area contributed by atoms with Gasteiger partial charge < -0.3 is 9.47 Å². The third kappa shape index (κ3) is 8.50. The number of esters is 2. The molecule has 3 rings (SSSR count). The Hall–Kier alpha value is -1.58. The topological polar surface area (TPSA) is 52.6 Å². The quantitative estimate of drug-likeness (QED) is 0.324. The Bertz CT molecular complexity index is 749. The normalized spacial score (nSPS) is 32.5. The first-order chi connectivity index (χ1) is 16.5. The molecule has 1 aliphatic heterocycles. The largest absolute Gasteiger partial charge is 0.462 e. The molecular formula is C31H52O4. The fourth-order valence-electron chi connectivity index (χ4n) is 5.89. The molecule has 1 heterocycles. The molecule has 4 heteroatoms. The lowest BCUT2D eigenvalue weighted by molar-refractivity contribution is -0.165.